The monoisotopic (exact) mass is 279 g/mol. The lowest BCUT2D eigenvalue weighted by Crippen LogP contribution is -2.55. The van der Waals surface area contributed by atoms with Crippen molar-refractivity contribution < 1.29 is 9.53 Å². The van der Waals surface area contributed by atoms with Crippen LogP contribution in [0.25, 0.3) is 0 Å². The number of carbonyl (C=O) groups excluding carboxylic acids is 1. The van der Waals surface area contributed by atoms with Crippen molar-refractivity contribution in [3.05, 3.63) is 5.69 Å². The highest BCUT2D eigenvalue weighted by atomic mass is 16.5. The second-order valence-corrected chi connectivity index (χ2v) is 5.51. The minimum absolute atomic E-state index is 0.0189. The van der Waals surface area contributed by atoms with Crippen molar-refractivity contribution in [2.75, 3.05) is 30.4 Å². The predicted octanol–water partition coefficient (Wildman–Crippen LogP) is -0.205. The highest BCUT2D eigenvalue weighted by Gasteiger charge is 2.35. The summed E-state index contributed by atoms with van der Waals surface area (Å²) >= 11 is 0. The van der Waals surface area contributed by atoms with Gasteiger partial charge >= 0.3 is 0 Å². The minimum Gasteiger partial charge on any atom is -0.394 e. The van der Waals surface area contributed by atoms with E-state index in [4.69, 9.17) is 10.5 Å². The van der Waals surface area contributed by atoms with Gasteiger partial charge in [-0.1, -0.05) is 0 Å². The number of morpholine rings is 1. The SMILES string of the molecule is Cc1nn(C)c(N2CCOCC2C(=O)NC2CC2)c1N. The number of amides is 1. The molecule has 1 unspecified atom stereocenters. The van der Waals surface area contributed by atoms with Crippen molar-refractivity contribution >= 4 is 17.4 Å². The fraction of sp³-hybridized carbons (Fsp3) is 0.692. The van der Waals surface area contributed by atoms with Gasteiger partial charge in [0.05, 0.1) is 24.6 Å². The second kappa shape index (κ2) is 4.97. The first-order valence-electron chi connectivity index (χ1n) is 7.01. The van der Waals surface area contributed by atoms with Gasteiger partial charge in [-0.25, -0.2) is 0 Å². The summed E-state index contributed by atoms with van der Waals surface area (Å²) in [5.74, 6) is 0.826. The van der Waals surface area contributed by atoms with Gasteiger partial charge in [0.15, 0.2) is 5.82 Å². The van der Waals surface area contributed by atoms with Crippen LogP contribution >= 0.6 is 0 Å². The Hall–Kier alpha value is -1.76. The minimum atomic E-state index is -0.332. The van der Waals surface area contributed by atoms with E-state index in [1.54, 1.807) is 4.68 Å². The number of aromatic nitrogens is 2. The quantitative estimate of drug-likeness (QED) is 0.800. The largest absolute Gasteiger partial charge is 0.394 e. The topological polar surface area (TPSA) is 85.4 Å². The normalized spacial score (nSPS) is 22.9. The number of ether oxygens (including phenoxy) is 1. The van der Waals surface area contributed by atoms with Crippen LogP contribution in [0.5, 0.6) is 0 Å². The van der Waals surface area contributed by atoms with Crippen LogP contribution in [-0.2, 0) is 16.6 Å². The number of aryl methyl sites for hydroxylation is 2. The number of nitrogens with two attached hydrogens (primary N) is 1. The molecule has 3 N–H and O–H groups in total. The first kappa shape index (κ1) is 13.2. The van der Waals surface area contributed by atoms with Crippen molar-refractivity contribution in [3.8, 4) is 0 Å². The summed E-state index contributed by atoms with van der Waals surface area (Å²) < 4.78 is 7.21. The third-order valence-electron chi connectivity index (χ3n) is 3.86. The fourth-order valence-electron chi connectivity index (χ4n) is 2.60. The zero-order chi connectivity index (χ0) is 14.3. The lowest BCUT2D eigenvalue weighted by molar-refractivity contribution is -0.124. The van der Waals surface area contributed by atoms with Crippen LogP contribution in [-0.4, -0.2) is 47.5 Å². The van der Waals surface area contributed by atoms with E-state index in [1.165, 1.54) is 0 Å². The van der Waals surface area contributed by atoms with Crippen LogP contribution in [0.15, 0.2) is 0 Å². The second-order valence-electron chi connectivity index (χ2n) is 5.51. The van der Waals surface area contributed by atoms with Crippen LogP contribution in [0.3, 0.4) is 0 Å². The Bertz CT molecular complexity index is 523. The zero-order valence-corrected chi connectivity index (χ0v) is 11.9. The molecule has 7 nitrogen and oxygen atoms in total. The van der Waals surface area contributed by atoms with Crippen LogP contribution in [0.1, 0.15) is 18.5 Å². The number of carbonyl (C=O) groups is 1. The smallest absolute Gasteiger partial charge is 0.245 e. The molecule has 2 heterocycles. The lowest BCUT2D eigenvalue weighted by Gasteiger charge is -2.36. The van der Waals surface area contributed by atoms with Crippen molar-refractivity contribution in [3.63, 3.8) is 0 Å². The molecule has 1 aliphatic heterocycles. The van der Waals surface area contributed by atoms with E-state index in [9.17, 15) is 4.79 Å². The summed E-state index contributed by atoms with van der Waals surface area (Å²) in [6, 6.07) is 0.0124. The standard InChI is InChI=1S/C13H21N5O2/c1-8-11(14)13(17(2)16-8)18-5-6-20-7-10(18)12(19)15-9-3-4-9/h9-10H,3-7,14H2,1-2H3,(H,15,19). The molecule has 1 aromatic rings. The summed E-state index contributed by atoms with van der Waals surface area (Å²) in [5.41, 5.74) is 7.54. The van der Waals surface area contributed by atoms with Gasteiger partial charge in [-0.2, -0.15) is 5.10 Å². The lowest BCUT2D eigenvalue weighted by atomic mass is 10.2. The molecule has 0 radical (unpaired) electrons. The molecule has 2 aliphatic rings. The number of nitrogens with one attached hydrogen (secondary N) is 1. The van der Waals surface area contributed by atoms with Crippen LogP contribution in [0.2, 0.25) is 0 Å². The van der Waals surface area contributed by atoms with Crippen molar-refractivity contribution in [2.24, 2.45) is 7.05 Å². The maximum atomic E-state index is 12.4. The van der Waals surface area contributed by atoms with Crippen molar-refractivity contribution in [1.29, 1.82) is 0 Å². The van der Waals surface area contributed by atoms with Crippen LogP contribution in [0.4, 0.5) is 11.5 Å². The number of nitrogens with zero attached hydrogens (tertiary/aromatic N) is 3. The van der Waals surface area contributed by atoms with Crippen molar-refractivity contribution in [1.82, 2.24) is 15.1 Å². The van der Waals surface area contributed by atoms with Gasteiger partial charge in [0.25, 0.3) is 0 Å². The summed E-state index contributed by atoms with van der Waals surface area (Å²) in [5, 5.41) is 7.37. The van der Waals surface area contributed by atoms with Gasteiger partial charge in [-0.15, -0.1) is 0 Å². The molecule has 1 saturated carbocycles. The van der Waals surface area contributed by atoms with E-state index in [0.29, 0.717) is 31.5 Å². The first-order chi connectivity index (χ1) is 9.58. The highest BCUT2D eigenvalue weighted by Crippen LogP contribution is 2.29. The molecule has 20 heavy (non-hydrogen) atoms. The van der Waals surface area contributed by atoms with Crippen molar-refractivity contribution in [2.45, 2.75) is 31.8 Å². The third-order valence-corrected chi connectivity index (χ3v) is 3.86. The zero-order valence-electron chi connectivity index (χ0n) is 11.9. The number of anilines is 2. The molecule has 1 atom stereocenters. The molecule has 1 saturated heterocycles. The average Bonchev–Trinajstić information content (AvgIpc) is 3.18. The van der Waals surface area contributed by atoms with E-state index in [2.05, 4.69) is 10.4 Å². The summed E-state index contributed by atoms with van der Waals surface area (Å²) in [4.78, 5) is 14.4. The predicted molar refractivity (Wildman–Crippen MR) is 75.5 cm³/mol. The summed E-state index contributed by atoms with van der Waals surface area (Å²) in [6.07, 6.45) is 2.15. The van der Waals surface area contributed by atoms with Gasteiger partial charge in [-0.3, -0.25) is 9.48 Å². The number of nitrogen functional groups attached to an aromatic ring is 1. The Kier molecular flexibility index (Phi) is 3.29. The molecule has 0 bridgehead atoms. The Morgan fingerprint density at radius 3 is 2.85 bits per heavy atom. The van der Waals surface area contributed by atoms with Gasteiger partial charge in [-0.05, 0) is 19.8 Å². The highest BCUT2D eigenvalue weighted by molar-refractivity contribution is 5.87. The molecule has 1 amide bonds. The molecule has 0 aromatic carbocycles. The Labute approximate surface area is 118 Å². The fourth-order valence-corrected chi connectivity index (χ4v) is 2.60. The Morgan fingerprint density at radius 2 is 2.25 bits per heavy atom. The van der Waals surface area contributed by atoms with E-state index in [1.807, 2.05) is 18.9 Å². The van der Waals surface area contributed by atoms with E-state index >= 15 is 0 Å². The molecule has 1 aromatic heterocycles. The van der Waals surface area contributed by atoms with Crippen LogP contribution < -0.4 is 16.0 Å². The van der Waals surface area contributed by atoms with Crippen LogP contribution in [0, 0.1) is 6.92 Å². The van der Waals surface area contributed by atoms with E-state index in [-0.39, 0.29) is 11.9 Å². The molecule has 3 rings (SSSR count). The third kappa shape index (κ3) is 2.33. The number of hydrogen-bond donors (Lipinski definition) is 2. The van der Waals surface area contributed by atoms with E-state index < -0.39 is 0 Å². The maximum Gasteiger partial charge on any atom is 0.245 e. The molecule has 2 fully saturated rings. The first-order valence-corrected chi connectivity index (χ1v) is 7.01. The molecular formula is C13H21N5O2. The van der Waals surface area contributed by atoms with Gasteiger partial charge in [0.1, 0.15) is 6.04 Å². The molecule has 0 spiro atoms. The van der Waals surface area contributed by atoms with Gasteiger partial charge in [0.2, 0.25) is 5.91 Å². The number of hydrogen-bond acceptors (Lipinski definition) is 5. The maximum absolute atomic E-state index is 12.4. The molecule has 110 valence electrons. The average molecular weight is 279 g/mol. The molecule has 7 heteroatoms. The summed E-state index contributed by atoms with van der Waals surface area (Å²) in [7, 11) is 1.85. The van der Waals surface area contributed by atoms with Gasteiger partial charge in [0, 0.05) is 19.6 Å². The van der Waals surface area contributed by atoms with E-state index in [0.717, 1.165) is 24.4 Å². The Balaban J connectivity index is 1.85. The summed E-state index contributed by atoms with van der Waals surface area (Å²) in [6.45, 7) is 3.50. The molecular weight excluding hydrogens is 258 g/mol. The Morgan fingerprint density at radius 1 is 1.50 bits per heavy atom. The number of rotatable bonds is 3. The van der Waals surface area contributed by atoms with Gasteiger partial charge < -0.3 is 20.7 Å². The molecule has 1 aliphatic carbocycles.